The number of nitrogen functional groups attached to an aromatic ring is 1. The van der Waals surface area contributed by atoms with Gasteiger partial charge in [-0.15, -0.1) is 10.2 Å². The number of tetrazole rings is 2. The van der Waals surface area contributed by atoms with Crippen molar-refractivity contribution in [2.45, 2.75) is 66.5 Å². The number of aryl methyl sites for hydroxylation is 4. The number of benzene rings is 4. The Bertz CT molecular complexity index is 2700. The smallest absolute Gasteiger partial charge is 0.345 e. The third-order valence-electron chi connectivity index (χ3n) is 9.43. The molecule has 0 atom stereocenters. The highest BCUT2D eigenvalue weighted by Crippen LogP contribution is 2.28. The molecule has 0 fully saturated rings. The number of esters is 1. The number of carbonyl (C=O) groups is 3. The second kappa shape index (κ2) is 21.8. The molecule has 0 bridgehead atoms. The Kier molecular flexibility index (Phi) is 17.1. The largest absolute Gasteiger partial charge is 0.403 e. The molecule has 0 aliphatic carbocycles. The standard InChI is InChI=1S/C22H25IN6O2S.C13H14INO2S.C9H11N5/c1-13-11-15(29-14(2)26-27-28-29)9-10-18(13)24-20(30)16-7-6-8-17(23)19(16)21(31)25-22(3,4)12-32-5;1-13(2,7-18-3)15-11-10-8(12(16)17-11)5-4-6-9(10)14;1-6-5-8(3-4-9(6)10)14-7(2)11-12-13-14/h6-11H,12H2,1-5H3,(H,24,30)(H,25,31);4-6H,7H2,1-3H3;3-5H,10H2,1-2H3. The maximum Gasteiger partial charge on any atom is 0.345 e. The van der Waals surface area contributed by atoms with Gasteiger partial charge in [-0.25, -0.2) is 9.79 Å². The second-order valence-corrected chi connectivity index (χ2v) is 20.0. The number of nitrogens with zero attached hydrogens (tertiary/aromatic N) is 9. The number of aliphatic imine (C=N–C) groups is 1. The van der Waals surface area contributed by atoms with Gasteiger partial charge in [-0.05, 0) is 206 Å². The van der Waals surface area contributed by atoms with Gasteiger partial charge in [-0.3, -0.25) is 9.59 Å². The van der Waals surface area contributed by atoms with Crippen LogP contribution in [0.15, 0.2) is 77.8 Å². The molecule has 336 valence electrons. The molecule has 20 heteroatoms. The van der Waals surface area contributed by atoms with E-state index in [2.05, 4.69) is 91.9 Å². The fourth-order valence-corrected chi connectivity index (χ4v) is 9.43. The molecule has 64 heavy (non-hydrogen) atoms. The molecule has 2 aromatic heterocycles. The topological polar surface area (TPSA) is 210 Å². The van der Waals surface area contributed by atoms with E-state index in [1.54, 1.807) is 57.2 Å². The summed E-state index contributed by atoms with van der Waals surface area (Å²) in [4.78, 5) is 42.6. The Hall–Kier alpha value is -4.94. The van der Waals surface area contributed by atoms with Crippen LogP contribution in [0, 0.1) is 34.8 Å². The zero-order valence-corrected chi connectivity index (χ0v) is 43.1. The zero-order valence-electron chi connectivity index (χ0n) is 37.2. The first kappa shape index (κ1) is 50.1. The van der Waals surface area contributed by atoms with Crippen molar-refractivity contribution in [2.75, 3.05) is 35.1 Å². The van der Waals surface area contributed by atoms with Crippen molar-refractivity contribution < 1.29 is 19.1 Å². The van der Waals surface area contributed by atoms with E-state index in [9.17, 15) is 14.4 Å². The minimum atomic E-state index is -0.399. The predicted octanol–water partition coefficient (Wildman–Crippen LogP) is 8.22. The van der Waals surface area contributed by atoms with Gasteiger partial charge in [0.15, 0.2) is 11.6 Å². The molecule has 0 saturated carbocycles. The zero-order chi connectivity index (χ0) is 46.9. The summed E-state index contributed by atoms with van der Waals surface area (Å²) >= 11 is 7.68. The number of halogens is 2. The maximum absolute atomic E-state index is 13.2. The number of cyclic esters (lactones) is 1. The molecule has 7 rings (SSSR count). The minimum Gasteiger partial charge on any atom is -0.403 e. The van der Waals surface area contributed by atoms with Crippen molar-refractivity contribution in [3.63, 3.8) is 0 Å². The number of anilines is 2. The lowest BCUT2D eigenvalue weighted by molar-refractivity contribution is 0.0735. The lowest BCUT2D eigenvalue weighted by Crippen LogP contribution is -2.46. The molecule has 0 radical (unpaired) electrons. The van der Waals surface area contributed by atoms with Crippen molar-refractivity contribution in [2.24, 2.45) is 4.99 Å². The van der Waals surface area contributed by atoms with Gasteiger partial charge in [0.05, 0.1) is 39.2 Å². The van der Waals surface area contributed by atoms with Gasteiger partial charge in [-0.2, -0.15) is 32.9 Å². The average Bonchev–Trinajstić information content (AvgIpc) is 3.94. The molecule has 1 aliphatic rings. The van der Waals surface area contributed by atoms with Gasteiger partial charge in [0.1, 0.15) is 0 Å². The lowest BCUT2D eigenvalue weighted by Gasteiger charge is -2.26. The van der Waals surface area contributed by atoms with Crippen molar-refractivity contribution in [3.8, 4) is 11.4 Å². The number of fused-ring (bicyclic) bond motifs is 1. The van der Waals surface area contributed by atoms with Crippen LogP contribution in [0.25, 0.3) is 11.4 Å². The molecule has 6 aromatic rings. The molecule has 16 nitrogen and oxygen atoms in total. The molecule has 0 saturated heterocycles. The SMILES string of the molecule is CSCC(C)(C)N=C1OC(=O)c2cccc(I)c21.CSCC(C)(C)NC(=O)c1c(I)cccc1C(=O)Nc1ccc(-n2nnnc2C)cc1C.Cc1cc(-n2nnnc2C)ccc1N. The summed E-state index contributed by atoms with van der Waals surface area (Å²) < 4.78 is 10.3. The number of aromatic nitrogens is 8. The van der Waals surface area contributed by atoms with Crippen molar-refractivity contribution in [1.29, 1.82) is 0 Å². The number of amides is 2. The van der Waals surface area contributed by atoms with Crippen LogP contribution >= 0.6 is 68.7 Å². The molecule has 1 aliphatic heterocycles. The number of nitrogens with one attached hydrogen (secondary N) is 2. The molecular formula is C44H50I2N12O4S2. The van der Waals surface area contributed by atoms with Gasteiger partial charge >= 0.3 is 5.97 Å². The summed E-state index contributed by atoms with van der Waals surface area (Å²) in [6.45, 7) is 15.5. The van der Waals surface area contributed by atoms with Gasteiger partial charge in [0.25, 0.3) is 11.8 Å². The highest BCUT2D eigenvalue weighted by atomic mass is 127. The monoisotopic (exact) mass is 1130 g/mol. The first-order chi connectivity index (χ1) is 30.3. The number of rotatable bonds is 11. The van der Waals surface area contributed by atoms with Crippen LogP contribution in [0.3, 0.4) is 0 Å². The molecule has 0 unspecified atom stereocenters. The molecule has 4 N–H and O–H groups in total. The van der Waals surface area contributed by atoms with E-state index in [0.29, 0.717) is 37.7 Å². The summed E-state index contributed by atoms with van der Waals surface area (Å²) in [5.41, 5.74) is 12.3. The molecular weight excluding hydrogens is 1080 g/mol. The fraction of sp³-hybridized carbons (Fsp3) is 0.318. The number of carbonyl (C=O) groups excluding carboxylic acids is 3. The Labute approximate surface area is 408 Å². The third-order valence-corrected chi connectivity index (χ3v) is 13.2. The summed E-state index contributed by atoms with van der Waals surface area (Å²) in [6.07, 6.45) is 4.04. The van der Waals surface area contributed by atoms with Crippen LogP contribution in [0.2, 0.25) is 0 Å². The van der Waals surface area contributed by atoms with Gasteiger partial charge in [0, 0.05) is 35.6 Å². The predicted molar refractivity (Wildman–Crippen MR) is 272 cm³/mol. The summed E-state index contributed by atoms with van der Waals surface area (Å²) in [5, 5.41) is 28.8. The fourth-order valence-electron chi connectivity index (χ4n) is 6.40. The van der Waals surface area contributed by atoms with Crippen molar-refractivity contribution in [1.82, 2.24) is 45.7 Å². The first-order valence-electron chi connectivity index (χ1n) is 19.7. The van der Waals surface area contributed by atoms with E-state index in [1.807, 2.05) is 116 Å². The number of hydrogen-bond donors (Lipinski definition) is 3. The third kappa shape index (κ3) is 12.7. The first-order valence-corrected chi connectivity index (χ1v) is 24.7. The van der Waals surface area contributed by atoms with Gasteiger partial charge in [0.2, 0.25) is 5.90 Å². The Morgan fingerprint density at radius 3 is 1.92 bits per heavy atom. The van der Waals surface area contributed by atoms with Gasteiger partial charge < -0.3 is 21.1 Å². The number of nitrogens with two attached hydrogens (primary N) is 1. The van der Waals surface area contributed by atoms with Crippen LogP contribution in [-0.4, -0.2) is 99.2 Å². The molecule has 0 spiro atoms. The Morgan fingerprint density at radius 2 is 1.36 bits per heavy atom. The summed E-state index contributed by atoms with van der Waals surface area (Å²) in [6, 6.07) is 22.1. The molecule has 4 aromatic carbocycles. The summed E-state index contributed by atoms with van der Waals surface area (Å²) in [5.74, 6) is 2.62. The molecule has 2 amide bonds. The number of hydrogen-bond acceptors (Lipinski definition) is 14. The van der Waals surface area contributed by atoms with Crippen LogP contribution in [0.5, 0.6) is 0 Å². The Morgan fingerprint density at radius 1 is 0.781 bits per heavy atom. The number of thioether (sulfide) groups is 2. The second-order valence-electron chi connectivity index (χ2n) is 15.9. The van der Waals surface area contributed by atoms with Gasteiger partial charge in [-0.1, -0.05) is 12.1 Å². The van der Waals surface area contributed by atoms with E-state index in [1.165, 1.54) is 0 Å². The summed E-state index contributed by atoms with van der Waals surface area (Å²) in [7, 11) is 0. The maximum atomic E-state index is 13.2. The van der Waals surface area contributed by atoms with Crippen LogP contribution in [0.1, 0.15) is 87.1 Å². The van der Waals surface area contributed by atoms with Crippen LogP contribution in [-0.2, 0) is 4.74 Å². The van der Waals surface area contributed by atoms with Crippen LogP contribution < -0.4 is 16.4 Å². The van der Waals surface area contributed by atoms with E-state index in [0.717, 1.165) is 54.7 Å². The van der Waals surface area contributed by atoms with Crippen molar-refractivity contribution >= 4 is 104 Å². The highest BCUT2D eigenvalue weighted by Gasteiger charge is 2.32. The highest BCUT2D eigenvalue weighted by molar-refractivity contribution is 14.1. The van der Waals surface area contributed by atoms with E-state index in [4.69, 9.17) is 10.5 Å². The van der Waals surface area contributed by atoms with E-state index in [-0.39, 0.29) is 23.3 Å². The van der Waals surface area contributed by atoms with E-state index >= 15 is 0 Å². The van der Waals surface area contributed by atoms with E-state index < -0.39 is 5.54 Å². The lowest BCUT2D eigenvalue weighted by atomic mass is 10.0. The Balaban J connectivity index is 0.000000201. The number of ether oxygens (including phenoxy) is 1. The average molecular weight is 1130 g/mol. The quantitative estimate of drug-likeness (QED) is 0.0635. The van der Waals surface area contributed by atoms with Crippen molar-refractivity contribution in [3.05, 3.63) is 125 Å². The molecule has 3 heterocycles. The van der Waals surface area contributed by atoms with Crippen LogP contribution in [0.4, 0.5) is 11.4 Å². The normalized spacial score (nSPS) is 12.7. The minimum absolute atomic E-state index is 0.241.